The van der Waals surface area contributed by atoms with Crippen LogP contribution >= 0.6 is 0 Å². The van der Waals surface area contributed by atoms with Crippen LogP contribution in [-0.2, 0) is 16.1 Å². The molecule has 7 heteroatoms. The number of allylic oxidation sites excluding steroid dienone is 1. The predicted molar refractivity (Wildman–Crippen MR) is 125 cm³/mol. The first-order chi connectivity index (χ1) is 16.4. The Morgan fingerprint density at radius 2 is 1.88 bits per heavy atom. The van der Waals surface area contributed by atoms with Crippen LogP contribution in [0.4, 0.5) is 0 Å². The van der Waals surface area contributed by atoms with Crippen LogP contribution in [0.15, 0.2) is 29.8 Å². The summed E-state index contributed by atoms with van der Waals surface area (Å²) in [6.07, 6.45) is 4.60. The third kappa shape index (κ3) is 3.64. The number of carbonyl (C=O) groups excluding carboxylic acids is 1. The average molecular weight is 471 g/mol. The molecule has 2 saturated heterocycles. The Morgan fingerprint density at radius 1 is 1.12 bits per heavy atom. The predicted octanol–water partition coefficient (Wildman–Crippen LogP) is -0.0163. The van der Waals surface area contributed by atoms with Crippen molar-refractivity contribution >= 4 is 5.97 Å². The van der Waals surface area contributed by atoms with Crippen LogP contribution in [0, 0.1) is 23.2 Å². The maximum atomic E-state index is 13.0. The third-order valence-corrected chi connectivity index (χ3v) is 9.63. The number of piperazine rings is 1. The van der Waals surface area contributed by atoms with Gasteiger partial charge in [0.15, 0.2) is 11.5 Å². The Hall–Kier alpha value is -2.09. The van der Waals surface area contributed by atoms with Gasteiger partial charge in [-0.2, -0.15) is 0 Å². The average Bonchev–Trinajstić information content (AvgIpc) is 3.41. The number of esters is 1. The SMILES string of the molecule is C[C@H]1CCC=C2C[C@H]3OC(=O)[C@@H](C[NH+]4CC[NH+](Cc5ccc6c(c5)OCO6)CC4)[C@H]3[C@H](O)[C@@]21C. The molecule has 184 valence electrons. The number of carbonyl (C=O) groups is 1. The fraction of sp³-hybridized carbons (Fsp3) is 0.667. The number of aliphatic hydroxyl groups is 1. The summed E-state index contributed by atoms with van der Waals surface area (Å²) in [4.78, 5) is 16.0. The van der Waals surface area contributed by atoms with Crippen molar-refractivity contribution in [3.8, 4) is 11.5 Å². The van der Waals surface area contributed by atoms with E-state index in [1.165, 1.54) is 16.0 Å². The van der Waals surface area contributed by atoms with E-state index in [1.54, 1.807) is 4.90 Å². The molecule has 0 amide bonds. The zero-order valence-electron chi connectivity index (χ0n) is 20.3. The molecule has 3 fully saturated rings. The van der Waals surface area contributed by atoms with Gasteiger partial charge in [0.25, 0.3) is 0 Å². The number of nitrogens with one attached hydrogen (secondary N) is 2. The second-order valence-corrected chi connectivity index (χ2v) is 11.4. The molecule has 0 bridgehead atoms. The summed E-state index contributed by atoms with van der Waals surface area (Å²) in [5, 5.41) is 11.6. The quantitative estimate of drug-likeness (QED) is 0.426. The van der Waals surface area contributed by atoms with Gasteiger partial charge in [0.2, 0.25) is 6.79 Å². The summed E-state index contributed by atoms with van der Waals surface area (Å²) in [5.41, 5.74) is 2.35. The van der Waals surface area contributed by atoms with Gasteiger partial charge in [-0.05, 0) is 37.0 Å². The first-order valence-corrected chi connectivity index (χ1v) is 13.1. The molecule has 34 heavy (non-hydrogen) atoms. The highest BCUT2D eigenvalue weighted by atomic mass is 16.7. The number of aliphatic hydroxyl groups excluding tert-OH is 1. The number of hydrogen-bond acceptors (Lipinski definition) is 5. The van der Waals surface area contributed by atoms with Crippen molar-refractivity contribution in [2.75, 3.05) is 39.5 Å². The molecule has 5 aliphatic rings. The van der Waals surface area contributed by atoms with E-state index in [2.05, 4.69) is 32.1 Å². The van der Waals surface area contributed by atoms with Gasteiger partial charge >= 0.3 is 5.97 Å². The fourth-order valence-electron chi connectivity index (χ4n) is 7.29. The van der Waals surface area contributed by atoms with E-state index >= 15 is 0 Å². The molecule has 1 aromatic rings. The molecule has 0 radical (unpaired) electrons. The van der Waals surface area contributed by atoms with Crippen molar-refractivity contribution < 1.29 is 33.9 Å². The van der Waals surface area contributed by atoms with Crippen molar-refractivity contribution in [3.05, 3.63) is 35.4 Å². The molecule has 3 aliphatic heterocycles. The van der Waals surface area contributed by atoms with Gasteiger partial charge < -0.3 is 29.1 Å². The van der Waals surface area contributed by atoms with Crippen LogP contribution in [0.2, 0.25) is 0 Å². The van der Waals surface area contributed by atoms with Crippen LogP contribution in [0.3, 0.4) is 0 Å². The van der Waals surface area contributed by atoms with Crippen molar-refractivity contribution in [2.24, 2.45) is 23.2 Å². The fourth-order valence-corrected chi connectivity index (χ4v) is 7.29. The largest absolute Gasteiger partial charge is 0.461 e. The summed E-state index contributed by atoms with van der Waals surface area (Å²) in [5.74, 6) is 1.74. The highest BCUT2D eigenvalue weighted by Crippen LogP contribution is 2.55. The molecular formula is C27H38N2O5+2. The second kappa shape index (κ2) is 8.54. The summed E-state index contributed by atoms with van der Waals surface area (Å²) in [6.45, 7) is 10.8. The minimum atomic E-state index is -0.512. The molecule has 0 unspecified atom stereocenters. The van der Waals surface area contributed by atoms with Gasteiger partial charge in [-0.15, -0.1) is 0 Å². The van der Waals surface area contributed by atoms with Gasteiger partial charge in [0.1, 0.15) is 44.7 Å². The zero-order valence-corrected chi connectivity index (χ0v) is 20.3. The van der Waals surface area contributed by atoms with E-state index in [1.807, 2.05) is 6.07 Å². The summed E-state index contributed by atoms with van der Waals surface area (Å²) in [6, 6.07) is 6.24. The molecule has 6 atom stereocenters. The monoisotopic (exact) mass is 470 g/mol. The third-order valence-electron chi connectivity index (χ3n) is 9.63. The topological polar surface area (TPSA) is 73.9 Å². The molecule has 0 aromatic heterocycles. The highest BCUT2D eigenvalue weighted by Gasteiger charge is 2.60. The van der Waals surface area contributed by atoms with Gasteiger partial charge in [-0.1, -0.05) is 25.5 Å². The minimum Gasteiger partial charge on any atom is -0.461 e. The molecule has 3 N–H and O–H groups in total. The van der Waals surface area contributed by atoms with Crippen molar-refractivity contribution in [1.29, 1.82) is 0 Å². The number of benzene rings is 1. The van der Waals surface area contributed by atoms with Gasteiger partial charge in [0, 0.05) is 23.3 Å². The summed E-state index contributed by atoms with van der Waals surface area (Å²) >= 11 is 0. The number of hydrogen-bond donors (Lipinski definition) is 3. The first-order valence-electron chi connectivity index (χ1n) is 13.1. The summed E-state index contributed by atoms with van der Waals surface area (Å²) < 4.78 is 16.8. The second-order valence-electron chi connectivity index (χ2n) is 11.4. The van der Waals surface area contributed by atoms with Crippen molar-refractivity contribution in [1.82, 2.24) is 0 Å². The maximum Gasteiger partial charge on any atom is 0.315 e. The number of rotatable bonds is 4. The van der Waals surface area contributed by atoms with Crippen molar-refractivity contribution in [2.45, 2.75) is 51.9 Å². The van der Waals surface area contributed by atoms with E-state index in [4.69, 9.17) is 14.2 Å². The smallest absolute Gasteiger partial charge is 0.315 e. The lowest BCUT2D eigenvalue weighted by molar-refractivity contribution is -1.02. The zero-order chi connectivity index (χ0) is 23.4. The Morgan fingerprint density at radius 3 is 2.71 bits per heavy atom. The number of ether oxygens (including phenoxy) is 3. The molecule has 3 heterocycles. The van der Waals surface area contributed by atoms with Crippen LogP contribution in [-0.4, -0.2) is 62.8 Å². The lowest BCUT2D eigenvalue weighted by Crippen LogP contribution is -3.27. The van der Waals surface area contributed by atoms with Gasteiger partial charge in [0.05, 0.1) is 12.6 Å². The van der Waals surface area contributed by atoms with E-state index in [-0.39, 0.29) is 29.3 Å². The van der Waals surface area contributed by atoms with Crippen LogP contribution in [0.25, 0.3) is 0 Å². The molecule has 1 aromatic carbocycles. The standard InChI is InChI=1S/C27H36N2O5/c1-17-4-3-5-19-13-23-24(25(30)27(17,19)2)20(26(31)34-23)15-29-10-8-28(9-11-29)14-18-6-7-21-22(12-18)33-16-32-21/h5-7,12,17,20,23-25,30H,3-4,8-11,13-16H2,1-2H3/p+2/t17-,20-,23+,24+,25-,27+/m0/s1. The molecule has 2 aliphatic carbocycles. The normalized spacial score (nSPS) is 40.9. The Bertz CT molecular complexity index is 987. The van der Waals surface area contributed by atoms with Gasteiger partial charge in [-0.25, -0.2) is 0 Å². The minimum absolute atomic E-state index is 0.0818. The van der Waals surface area contributed by atoms with Crippen LogP contribution < -0.4 is 19.3 Å². The van der Waals surface area contributed by atoms with E-state index in [9.17, 15) is 9.90 Å². The van der Waals surface area contributed by atoms with Crippen LogP contribution in [0.1, 0.15) is 38.7 Å². The molecular weight excluding hydrogens is 432 g/mol. The van der Waals surface area contributed by atoms with E-state index in [0.29, 0.717) is 12.7 Å². The van der Waals surface area contributed by atoms with Gasteiger partial charge in [-0.3, -0.25) is 4.79 Å². The van der Waals surface area contributed by atoms with Crippen molar-refractivity contribution in [3.63, 3.8) is 0 Å². The number of fused-ring (bicyclic) bond motifs is 3. The first kappa shape index (κ1) is 22.4. The van der Waals surface area contributed by atoms with E-state index < -0.39 is 6.10 Å². The Labute approximate surface area is 201 Å². The van der Waals surface area contributed by atoms with E-state index in [0.717, 1.165) is 70.0 Å². The lowest BCUT2D eigenvalue weighted by Gasteiger charge is -2.51. The molecule has 1 saturated carbocycles. The molecule has 6 rings (SSSR count). The molecule has 7 nitrogen and oxygen atoms in total. The lowest BCUT2D eigenvalue weighted by atomic mass is 9.55. The molecule has 0 spiro atoms. The number of quaternary nitrogens is 2. The highest BCUT2D eigenvalue weighted by molar-refractivity contribution is 5.76. The Kier molecular flexibility index (Phi) is 5.62. The maximum absolute atomic E-state index is 13.0. The Balaban J connectivity index is 1.09. The van der Waals surface area contributed by atoms with Crippen LogP contribution in [0.5, 0.6) is 11.5 Å². The summed E-state index contributed by atoms with van der Waals surface area (Å²) in [7, 11) is 0.